The molecule has 0 radical (unpaired) electrons. The fraction of sp³-hybridized carbons (Fsp3) is 0.458. The Balaban J connectivity index is 1.42. The smallest absolute Gasteiger partial charge is 0.242 e. The molecular formula is C24H30N2O4. The monoisotopic (exact) mass is 410 g/mol. The van der Waals surface area contributed by atoms with E-state index >= 15 is 0 Å². The summed E-state index contributed by atoms with van der Waals surface area (Å²) in [5, 5.41) is 3.28. The molecule has 2 unspecified atom stereocenters. The van der Waals surface area contributed by atoms with Crippen molar-refractivity contribution in [3.8, 4) is 11.5 Å². The average Bonchev–Trinajstić information content (AvgIpc) is 3.16. The summed E-state index contributed by atoms with van der Waals surface area (Å²) in [7, 11) is 1.70. The maximum absolute atomic E-state index is 13.0. The lowest BCUT2D eigenvalue weighted by Gasteiger charge is -2.26. The molecule has 0 aliphatic carbocycles. The maximum Gasteiger partial charge on any atom is 0.242 e. The van der Waals surface area contributed by atoms with Crippen LogP contribution >= 0.6 is 0 Å². The van der Waals surface area contributed by atoms with Gasteiger partial charge in [0.25, 0.3) is 0 Å². The lowest BCUT2D eigenvalue weighted by molar-refractivity contribution is -0.130. The summed E-state index contributed by atoms with van der Waals surface area (Å²) < 4.78 is 17.0. The molecule has 2 heterocycles. The van der Waals surface area contributed by atoms with E-state index in [1.165, 1.54) is 0 Å². The van der Waals surface area contributed by atoms with Gasteiger partial charge in [-0.1, -0.05) is 18.2 Å². The molecule has 30 heavy (non-hydrogen) atoms. The third kappa shape index (κ3) is 4.54. The van der Waals surface area contributed by atoms with E-state index in [0.29, 0.717) is 13.2 Å². The number of hydrogen-bond donors (Lipinski definition) is 1. The molecule has 0 spiro atoms. The first-order valence-corrected chi connectivity index (χ1v) is 10.7. The lowest BCUT2D eigenvalue weighted by Crippen LogP contribution is -2.35. The number of amides is 1. The Kier molecular flexibility index (Phi) is 6.43. The zero-order chi connectivity index (χ0) is 20.9. The van der Waals surface area contributed by atoms with Crippen LogP contribution in [0, 0.1) is 0 Å². The first kappa shape index (κ1) is 20.5. The average molecular weight is 411 g/mol. The van der Waals surface area contributed by atoms with Gasteiger partial charge in [0.1, 0.15) is 0 Å². The summed E-state index contributed by atoms with van der Waals surface area (Å²) in [6.45, 7) is 4.39. The van der Waals surface area contributed by atoms with Crippen LogP contribution in [0.15, 0.2) is 42.5 Å². The van der Waals surface area contributed by atoms with Gasteiger partial charge in [-0.3, -0.25) is 4.79 Å². The van der Waals surface area contributed by atoms with Gasteiger partial charge >= 0.3 is 0 Å². The molecule has 6 nitrogen and oxygen atoms in total. The number of methoxy groups -OCH3 is 1. The molecule has 4 rings (SSSR count). The third-order valence-corrected chi connectivity index (χ3v) is 5.88. The largest absolute Gasteiger partial charge is 0.490 e. The van der Waals surface area contributed by atoms with Crippen LogP contribution in [0.1, 0.15) is 49.5 Å². The third-order valence-electron chi connectivity index (χ3n) is 5.88. The van der Waals surface area contributed by atoms with Crippen molar-refractivity contribution >= 4 is 11.6 Å². The highest BCUT2D eigenvalue weighted by molar-refractivity contribution is 5.81. The predicted octanol–water partition coefficient (Wildman–Crippen LogP) is 4.33. The molecule has 1 saturated heterocycles. The standard InChI is InChI=1S/C24H30N2O4/c1-17(28-2)18-6-3-7-20(14-18)25-16-24(27)26-11-4-8-21(26)19-9-10-22-23(15-19)30-13-5-12-29-22/h3,6-7,9-10,14-15,17,21,25H,4-5,8,11-13,16H2,1-2H3. The SMILES string of the molecule is COC(C)c1cccc(NCC(=O)N2CCCC2c2ccc3c(c2)OCCCO3)c1. The maximum atomic E-state index is 13.0. The van der Waals surface area contributed by atoms with Crippen molar-refractivity contribution in [3.63, 3.8) is 0 Å². The van der Waals surface area contributed by atoms with Crippen molar-refractivity contribution in [2.45, 2.75) is 38.3 Å². The number of anilines is 1. The quantitative estimate of drug-likeness (QED) is 0.768. The van der Waals surface area contributed by atoms with E-state index in [4.69, 9.17) is 14.2 Å². The van der Waals surface area contributed by atoms with Crippen LogP contribution < -0.4 is 14.8 Å². The van der Waals surface area contributed by atoms with Crippen LogP contribution in [0.5, 0.6) is 11.5 Å². The molecule has 1 amide bonds. The van der Waals surface area contributed by atoms with E-state index in [9.17, 15) is 4.79 Å². The van der Waals surface area contributed by atoms with Crippen LogP contribution in [0.25, 0.3) is 0 Å². The zero-order valence-corrected chi connectivity index (χ0v) is 17.7. The zero-order valence-electron chi connectivity index (χ0n) is 17.7. The molecule has 1 N–H and O–H groups in total. The fourth-order valence-electron chi connectivity index (χ4n) is 4.12. The second kappa shape index (κ2) is 9.39. The molecule has 2 aliphatic rings. The van der Waals surface area contributed by atoms with Crippen molar-refractivity contribution < 1.29 is 19.0 Å². The highest BCUT2D eigenvalue weighted by atomic mass is 16.5. The lowest BCUT2D eigenvalue weighted by atomic mass is 10.0. The van der Waals surface area contributed by atoms with Crippen molar-refractivity contribution in [2.75, 3.05) is 38.7 Å². The molecule has 2 atom stereocenters. The summed E-state index contributed by atoms with van der Waals surface area (Å²) in [6.07, 6.45) is 2.87. The van der Waals surface area contributed by atoms with Crippen LogP contribution in [0.3, 0.4) is 0 Å². The van der Waals surface area contributed by atoms with Crippen LogP contribution in [0.2, 0.25) is 0 Å². The van der Waals surface area contributed by atoms with Crippen molar-refractivity contribution in [3.05, 3.63) is 53.6 Å². The van der Waals surface area contributed by atoms with E-state index in [1.807, 2.05) is 48.2 Å². The van der Waals surface area contributed by atoms with E-state index in [-0.39, 0.29) is 24.6 Å². The Hall–Kier alpha value is -2.73. The second-order valence-electron chi connectivity index (χ2n) is 7.86. The first-order valence-electron chi connectivity index (χ1n) is 10.7. The molecule has 2 aromatic rings. The van der Waals surface area contributed by atoms with Crippen molar-refractivity contribution in [2.24, 2.45) is 0 Å². The van der Waals surface area contributed by atoms with Gasteiger partial charge in [0, 0.05) is 25.8 Å². The van der Waals surface area contributed by atoms with Crippen molar-refractivity contribution in [1.29, 1.82) is 0 Å². The van der Waals surface area contributed by atoms with Crippen LogP contribution in [0.4, 0.5) is 5.69 Å². The summed E-state index contributed by atoms with van der Waals surface area (Å²) >= 11 is 0. The minimum Gasteiger partial charge on any atom is -0.490 e. The van der Waals surface area contributed by atoms with Crippen molar-refractivity contribution in [1.82, 2.24) is 4.90 Å². The number of nitrogens with zero attached hydrogens (tertiary/aromatic N) is 1. The van der Waals surface area contributed by atoms with Gasteiger partial charge in [0.15, 0.2) is 11.5 Å². The molecule has 0 aromatic heterocycles. The number of rotatable bonds is 6. The molecule has 1 fully saturated rings. The first-order chi connectivity index (χ1) is 14.7. The van der Waals surface area contributed by atoms with E-state index < -0.39 is 0 Å². The second-order valence-corrected chi connectivity index (χ2v) is 7.86. The van der Waals surface area contributed by atoms with Gasteiger partial charge in [-0.15, -0.1) is 0 Å². The minimum atomic E-state index is 0.0184. The summed E-state index contributed by atoms with van der Waals surface area (Å²) in [5.41, 5.74) is 3.12. The highest BCUT2D eigenvalue weighted by Crippen LogP contribution is 2.38. The van der Waals surface area contributed by atoms with Gasteiger partial charge in [-0.05, 0) is 55.2 Å². The van der Waals surface area contributed by atoms with Gasteiger partial charge < -0.3 is 24.4 Å². The number of hydrogen-bond acceptors (Lipinski definition) is 5. The Labute approximate surface area is 178 Å². The number of likely N-dealkylation sites (tertiary alicyclic amines) is 1. The Morgan fingerprint density at radius 2 is 2.00 bits per heavy atom. The number of benzene rings is 2. The number of fused-ring (bicyclic) bond motifs is 1. The fourth-order valence-corrected chi connectivity index (χ4v) is 4.12. The molecule has 6 heteroatoms. The topological polar surface area (TPSA) is 60.0 Å². The van der Waals surface area contributed by atoms with Crippen LogP contribution in [-0.2, 0) is 9.53 Å². The van der Waals surface area contributed by atoms with Crippen LogP contribution in [-0.4, -0.2) is 44.2 Å². The van der Waals surface area contributed by atoms with E-state index in [1.54, 1.807) is 7.11 Å². The Morgan fingerprint density at radius 3 is 2.83 bits per heavy atom. The van der Waals surface area contributed by atoms with Gasteiger partial charge in [0.05, 0.1) is 31.9 Å². The normalized spacial score (nSPS) is 19.3. The minimum absolute atomic E-state index is 0.0184. The van der Waals surface area contributed by atoms with E-state index in [2.05, 4.69) is 11.4 Å². The number of carbonyl (C=O) groups is 1. The summed E-state index contributed by atoms with van der Waals surface area (Å²) in [6, 6.07) is 14.2. The molecule has 2 aliphatic heterocycles. The summed E-state index contributed by atoms with van der Waals surface area (Å²) in [5.74, 6) is 1.68. The Bertz CT molecular complexity index is 885. The summed E-state index contributed by atoms with van der Waals surface area (Å²) in [4.78, 5) is 15.0. The molecule has 0 bridgehead atoms. The number of ether oxygens (including phenoxy) is 3. The molecule has 2 aromatic carbocycles. The highest BCUT2D eigenvalue weighted by Gasteiger charge is 2.30. The molecular weight excluding hydrogens is 380 g/mol. The number of carbonyl (C=O) groups excluding carboxylic acids is 1. The molecule has 0 saturated carbocycles. The predicted molar refractivity (Wildman–Crippen MR) is 116 cm³/mol. The van der Waals surface area contributed by atoms with E-state index in [0.717, 1.165) is 54.1 Å². The molecule has 160 valence electrons. The Morgan fingerprint density at radius 1 is 1.17 bits per heavy atom. The van der Waals surface area contributed by atoms with Gasteiger partial charge in [-0.2, -0.15) is 0 Å². The van der Waals surface area contributed by atoms with Gasteiger partial charge in [-0.25, -0.2) is 0 Å². The number of nitrogens with one attached hydrogen (secondary N) is 1. The van der Waals surface area contributed by atoms with Gasteiger partial charge in [0.2, 0.25) is 5.91 Å².